The van der Waals surface area contributed by atoms with Crippen molar-refractivity contribution < 1.29 is 4.74 Å². The highest BCUT2D eigenvalue weighted by atomic mass is 16.5. The van der Waals surface area contributed by atoms with Crippen LogP contribution in [0.3, 0.4) is 0 Å². The van der Waals surface area contributed by atoms with Crippen LogP contribution in [0.2, 0.25) is 0 Å². The molecule has 0 aliphatic rings. The molecule has 1 N–H and O–H groups in total. The second-order valence-corrected chi connectivity index (χ2v) is 4.10. The quantitative estimate of drug-likeness (QED) is 0.783. The molecule has 0 fully saturated rings. The summed E-state index contributed by atoms with van der Waals surface area (Å²) in [5.41, 5.74) is -0.153. The summed E-state index contributed by atoms with van der Waals surface area (Å²) in [6.07, 6.45) is 3.78. The van der Waals surface area contributed by atoms with Gasteiger partial charge in [0, 0.05) is 25.5 Å². The summed E-state index contributed by atoms with van der Waals surface area (Å²) >= 11 is 0. The molecule has 4 nitrogen and oxygen atoms in total. The number of aromatic nitrogens is 2. The van der Waals surface area contributed by atoms with E-state index in [-0.39, 0.29) is 5.60 Å². The van der Waals surface area contributed by atoms with Crippen LogP contribution in [-0.2, 0) is 11.3 Å². The van der Waals surface area contributed by atoms with Gasteiger partial charge in [-0.15, -0.1) is 0 Å². The lowest BCUT2D eigenvalue weighted by atomic mass is 10.1. The summed E-state index contributed by atoms with van der Waals surface area (Å²) in [7, 11) is 0. The van der Waals surface area contributed by atoms with E-state index in [9.17, 15) is 0 Å². The van der Waals surface area contributed by atoms with Crippen molar-refractivity contribution in [2.75, 3.05) is 18.5 Å². The van der Waals surface area contributed by atoms with Crippen molar-refractivity contribution >= 4 is 5.95 Å². The molecule has 0 aliphatic carbocycles. The first kappa shape index (κ1) is 12.0. The number of imidazole rings is 1. The zero-order chi connectivity index (χ0) is 11.3. The maximum absolute atomic E-state index is 5.66. The Morgan fingerprint density at radius 2 is 2.20 bits per heavy atom. The molecular formula is C11H21N3O. The summed E-state index contributed by atoms with van der Waals surface area (Å²) in [6.45, 7) is 10.7. The predicted molar refractivity (Wildman–Crippen MR) is 62.1 cm³/mol. The molecule has 86 valence electrons. The first-order valence-electron chi connectivity index (χ1n) is 5.48. The van der Waals surface area contributed by atoms with E-state index in [0.717, 1.165) is 25.6 Å². The highest BCUT2D eigenvalue weighted by Crippen LogP contribution is 2.15. The fourth-order valence-electron chi connectivity index (χ4n) is 1.61. The molecule has 0 bridgehead atoms. The summed E-state index contributed by atoms with van der Waals surface area (Å²) in [5, 5.41) is 3.22. The first-order chi connectivity index (χ1) is 7.09. The van der Waals surface area contributed by atoms with Crippen LogP contribution in [0.15, 0.2) is 12.4 Å². The average molecular weight is 211 g/mol. The van der Waals surface area contributed by atoms with Crippen LogP contribution in [0.5, 0.6) is 0 Å². The van der Waals surface area contributed by atoms with E-state index < -0.39 is 0 Å². The third-order valence-electron chi connectivity index (χ3n) is 2.14. The van der Waals surface area contributed by atoms with Crippen molar-refractivity contribution in [2.24, 2.45) is 0 Å². The van der Waals surface area contributed by atoms with Crippen LogP contribution in [0.1, 0.15) is 27.7 Å². The van der Waals surface area contributed by atoms with Gasteiger partial charge in [-0.3, -0.25) is 0 Å². The van der Waals surface area contributed by atoms with E-state index in [1.165, 1.54) is 0 Å². The molecular weight excluding hydrogens is 190 g/mol. The molecule has 15 heavy (non-hydrogen) atoms. The Hall–Kier alpha value is -1.03. The van der Waals surface area contributed by atoms with Crippen molar-refractivity contribution in [1.29, 1.82) is 0 Å². The van der Waals surface area contributed by atoms with E-state index in [1.807, 2.05) is 13.1 Å². The minimum Gasteiger partial charge on any atom is -0.374 e. The summed E-state index contributed by atoms with van der Waals surface area (Å²) in [6, 6.07) is 0. The number of hydrogen-bond donors (Lipinski definition) is 1. The molecule has 4 heteroatoms. The van der Waals surface area contributed by atoms with Gasteiger partial charge in [0.15, 0.2) is 0 Å². The van der Waals surface area contributed by atoms with Crippen LogP contribution >= 0.6 is 0 Å². The fraction of sp³-hybridized carbons (Fsp3) is 0.727. The smallest absolute Gasteiger partial charge is 0.202 e. The van der Waals surface area contributed by atoms with E-state index in [1.54, 1.807) is 6.20 Å². The van der Waals surface area contributed by atoms with E-state index in [4.69, 9.17) is 4.74 Å². The number of ether oxygens (including phenoxy) is 1. The molecule has 0 amide bonds. The SMILES string of the molecule is CCNc1nccn1CC(C)(C)OCC. The number of rotatable bonds is 6. The Morgan fingerprint density at radius 3 is 2.80 bits per heavy atom. The monoisotopic (exact) mass is 211 g/mol. The standard InChI is InChI=1S/C11H21N3O/c1-5-12-10-13-7-8-14(10)9-11(3,4)15-6-2/h7-8H,5-6,9H2,1-4H3,(H,12,13). The van der Waals surface area contributed by atoms with Crippen LogP contribution in [0.25, 0.3) is 0 Å². The van der Waals surface area contributed by atoms with Gasteiger partial charge < -0.3 is 14.6 Å². The lowest BCUT2D eigenvalue weighted by Crippen LogP contribution is -2.30. The van der Waals surface area contributed by atoms with Crippen LogP contribution in [0.4, 0.5) is 5.95 Å². The molecule has 0 saturated carbocycles. The zero-order valence-electron chi connectivity index (χ0n) is 10.1. The topological polar surface area (TPSA) is 39.1 Å². The largest absolute Gasteiger partial charge is 0.374 e. The fourth-order valence-corrected chi connectivity index (χ4v) is 1.61. The molecule has 0 spiro atoms. The van der Waals surface area contributed by atoms with Crippen molar-refractivity contribution in [2.45, 2.75) is 39.8 Å². The Labute approximate surface area is 91.7 Å². The normalized spacial score (nSPS) is 11.7. The van der Waals surface area contributed by atoms with Gasteiger partial charge in [-0.2, -0.15) is 0 Å². The zero-order valence-corrected chi connectivity index (χ0v) is 10.1. The Bertz CT molecular complexity index is 294. The number of anilines is 1. The van der Waals surface area contributed by atoms with Crippen molar-refractivity contribution in [3.8, 4) is 0 Å². The van der Waals surface area contributed by atoms with Crippen LogP contribution in [-0.4, -0.2) is 28.3 Å². The molecule has 0 aliphatic heterocycles. The number of hydrogen-bond acceptors (Lipinski definition) is 3. The minimum atomic E-state index is -0.153. The number of nitrogens with one attached hydrogen (secondary N) is 1. The molecule has 0 aromatic carbocycles. The maximum atomic E-state index is 5.66. The minimum absolute atomic E-state index is 0.153. The first-order valence-corrected chi connectivity index (χ1v) is 5.48. The van der Waals surface area contributed by atoms with E-state index >= 15 is 0 Å². The molecule has 0 unspecified atom stereocenters. The highest BCUT2D eigenvalue weighted by molar-refractivity contribution is 5.25. The van der Waals surface area contributed by atoms with Gasteiger partial charge in [0.2, 0.25) is 5.95 Å². The van der Waals surface area contributed by atoms with Crippen LogP contribution in [0, 0.1) is 0 Å². The van der Waals surface area contributed by atoms with Gasteiger partial charge in [0.05, 0.1) is 12.1 Å². The van der Waals surface area contributed by atoms with Gasteiger partial charge in [0.25, 0.3) is 0 Å². The molecule has 1 aromatic rings. The van der Waals surface area contributed by atoms with Crippen molar-refractivity contribution in [3.63, 3.8) is 0 Å². The summed E-state index contributed by atoms with van der Waals surface area (Å²) < 4.78 is 7.74. The second-order valence-electron chi connectivity index (χ2n) is 4.10. The third-order valence-corrected chi connectivity index (χ3v) is 2.14. The van der Waals surface area contributed by atoms with Gasteiger partial charge in [-0.25, -0.2) is 4.98 Å². The van der Waals surface area contributed by atoms with Gasteiger partial charge in [-0.1, -0.05) is 0 Å². The molecule has 0 radical (unpaired) electrons. The summed E-state index contributed by atoms with van der Waals surface area (Å²) in [4.78, 5) is 4.25. The maximum Gasteiger partial charge on any atom is 0.202 e. The molecule has 1 heterocycles. The molecule has 0 atom stereocenters. The lowest BCUT2D eigenvalue weighted by molar-refractivity contribution is -0.0220. The molecule has 0 saturated heterocycles. The number of nitrogens with zero attached hydrogens (tertiary/aromatic N) is 2. The highest BCUT2D eigenvalue weighted by Gasteiger charge is 2.19. The van der Waals surface area contributed by atoms with Crippen molar-refractivity contribution in [3.05, 3.63) is 12.4 Å². The van der Waals surface area contributed by atoms with Crippen LogP contribution < -0.4 is 5.32 Å². The second kappa shape index (κ2) is 5.16. The molecule has 1 rings (SSSR count). The Kier molecular flexibility index (Phi) is 4.15. The van der Waals surface area contributed by atoms with E-state index in [2.05, 4.69) is 35.6 Å². The van der Waals surface area contributed by atoms with Crippen molar-refractivity contribution in [1.82, 2.24) is 9.55 Å². The van der Waals surface area contributed by atoms with Gasteiger partial charge in [0.1, 0.15) is 0 Å². The predicted octanol–water partition coefficient (Wildman–Crippen LogP) is 2.13. The van der Waals surface area contributed by atoms with E-state index in [0.29, 0.717) is 0 Å². The lowest BCUT2D eigenvalue weighted by Gasteiger charge is -2.25. The van der Waals surface area contributed by atoms with Gasteiger partial charge in [-0.05, 0) is 27.7 Å². The summed E-state index contributed by atoms with van der Waals surface area (Å²) in [5.74, 6) is 0.908. The molecule has 1 aromatic heterocycles. The Morgan fingerprint density at radius 1 is 1.47 bits per heavy atom. The van der Waals surface area contributed by atoms with Gasteiger partial charge >= 0.3 is 0 Å². The Balaban J connectivity index is 2.66. The average Bonchev–Trinajstić information content (AvgIpc) is 2.52. The third kappa shape index (κ3) is 3.55.